The minimum absolute atomic E-state index is 0.272. The topological polar surface area (TPSA) is 127 Å². The predicted octanol–water partition coefficient (Wildman–Crippen LogP) is 2.74. The van der Waals surface area contributed by atoms with E-state index in [1.807, 2.05) is 11.9 Å². The van der Waals surface area contributed by atoms with Crippen molar-refractivity contribution in [2.24, 2.45) is 0 Å². The number of hydrogen-bond acceptors (Lipinski definition) is 8. The van der Waals surface area contributed by atoms with Gasteiger partial charge in [-0.1, -0.05) is 23.2 Å². The first-order chi connectivity index (χ1) is 15.5. The van der Waals surface area contributed by atoms with Gasteiger partial charge in [0.1, 0.15) is 10.8 Å². The zero-order chi connectivity index (χ0) is 22.7. The Balaban J connectivity index is 1.56. The van der Waals surface area contributed by atoms with E-state index in [2.05, 4.69) is 35.9 Å². The minimum atomic E-state index is -0.516. The quantitative estimate of drug-likeness (QED) is 0.416. The molecule has 4 rings (SSSR count). The van der Waals surface area contributed by atoms with E-state index >= 15 is 0 Å². The van der Waals surface area contributed by atoms with Crippen LogP contribution in [-0.2, 0) is 4.74 Å². The number of pyridine rings is 1. The summed E-state index contributed by atoms with van der Waals surface area (Å²) >= 11 is 12.3. The molecule has 4 aromatic heterocycles. The second kappa shape index (κ2) is 9.34. The summed E-state index contributed by atoms with van der Waals surface area (Å²) in [5.74, 6) is 0.343. The number of nitrogens with one attached hydrogen (secondary N) is 2. The second-order valence-electron chi connectivity index (χ2n) is 6.58. The number of amides is 2. The maximum Gasteiger partial charge on any atom is 0.323 e. The van der Waals surface area contributed by atoms with Gasteiger partial charge in [0, 0.05) is 20.7 Å². The van der Waals surface area contributed by atoms with Gasteiger partial charge in [-0.25, -0.2) is 19.3 Å². The second-order valence-corrected chi connectivity index (χ2v) is 7.37. The monoisotopic (exact) mass is 476 g/mol. The zero-order valence-corrected chi connectivity index (χ0v) is 18.5. The van der Waals surface area contributed by atoms with Gasteiger partial charge in [-0.05, 0) is 6.07 Å². The Morgan fingerprint density at radius 1 is 1.19 bits per heavy atom. The third kappa shape index (κ3) is 4.56. The van der Waals surface area contributed by atoms with E-state index in [9.17, 15) is 4.79 Å². The third-order valence-electron chi connectivity index (χ3n) is 4.39. The number of ether oxygens (including phenoxy) is 1. The average Bonchev–Trinajstić information content (AvgIpc) is 3.41. The maximum atomic E-state index is 12.7. The Labute approximate surface area is 192 Å². The molecular weight excluding hydrogens is 459 g/mol. The van der Waals surface area contributed by atoms with E-state index in [0.717, 1.165) is 0 Å². The Morgan fingerprint density at radius 2 is 1.97 bits per heavy atom. The number of hydrogen-bond donors (Lipinski definition) is 2. The fraction of sp³-hybridized carbons (Fsp3) is 0.222. The van der Waals surface area contributed by atoms with Crippen molar-refractivity contribution >= 4 is 51.9 Å². The predicted molar refractivity (Wildman–Crippen MR) is 120 cm³/mol. The normalized spacial score (nSPS) is 11.0. The van der Waals surface area contributed by atoms with Gasteiger partial charge >= 0.3 is 6.03 Å². The highest BCUT2D eigenvalue weighted by Crippen LogP contribution is 2.30. The van der Waals surface area contributed by atoms with Gasteiger partial charge in [-0.3, -0.25) is 0 Å². The largest absolute Gasteiger partial charge is 0.383 e. The highest BCUT2D eigenvalue weighted by molar-refractivity contribution is 6.32. The van der Waals surface area contributed by atoms with Crippen LogP contribution in [0.15, 0.2) is 37.1 Å². The molecule has 32 heavy (non-hydrogen) atoms. The summed E-state index contributed by atoms with van der Waals surface area (Å²) in [6.07, 6.45) is 7.57. The van der Waals surface area contributed by atoms with Crippen LogP contribution in [0.1, 0.15) is 0 Å². The number of halogens is 2. The van der Waals surface area contributed by atoms with Gasteiger partial charge in [-0.2, -0.15) is 15.3 Å². The average molecular weight is 477 g/mol. The van der Waals surface area contributed by atoms with E-state index in [0.29, 0.717) is 41.7 Å². The summed E-state index contributed by atoms with van der Waals surface area (Å²) in [5, 5.41) is 18.3. The number of likely N-dealkylation sites (N-methyl/N-ethyl adjacent to an activating group) is 1. The molecule has 0 unspecified atom stereocenters. The van der Waals surface area contributed by atoms with Gasteiger partial charge < -0.3 is 20.3 Å². The fourth-order valence-corrected chi connectivity index (χ4v) is 3.37. The molecule has 4 heterocycles. The minimum Gasteiger partial charge on any atom is -0.383 e. The lowest BCUT2D eigenvalue weighted by Crippen LogP contribution is -2.26. The van der Waals surface area contributed by atoms with Gasteiger partial charge in [0.2, 0.25) is 0 Å². The summed E-state index contributed by atoms with van der Waals surface area (Å²) in [6, 6.07) is 1.03. The Hall–Kier alpha value is -3.48. The van der Waals surface area contributed by atoms with Crippen LogP contribution in [0.25, 0.3) is 11.5 Å². The van der Waals surface area contributed by atoms with Crippen LogP contribution in [0, 0.1) is 0 Å². The van der Waals surface area contributed by atoms with Crippen molar-refractivity contribution in [2.75, 3.05) is 42.8 Å². The van der Waals surface area contributed by atoms with Crippen molar-refractivity contribution in [3.8, 4) is 5.82 Å². The highest BCUT2D eigenvalue weighted by Gasteiger charge is 2.18. The lowest BCUT2D eigenvalue weighted by Gasteiger charge is -2.22. The van der Waals surface area contributed by atoms with Crippen molar-refractivity contribution in [2.45, 2.75) is 0 Å². The molecule has 0 aliphatic heterocycles. The maximum absolute atomic E-state index is 12.7. The van der Waals surface area contributed by atoms with Gasteiger partial charge in [0.15, 0.2) is 11.5 Å². The molecule has 4 aromatic rings. The molecule has 0 aliphatic carbocycles. The highest BCUT2D eigenvalue weighted by atomic mass is 35.5. The van der Waals surface area contributed by atoms with E-state index in [1.165, 1.54) is 34.1 Å². The van der Waals surface area contributed by atoms with Gasteiger partial charge in [-0.15, -0.1) is 4.80 Å². The number of methoxy groups -OCH3 is 1. The van der Waals surface area contributed by atoms with Crippen LogP contribution in [0.5, 0.6) is 0 Å². The summed E-state index contributed by atoms with van der Waals surface area (Å²) in [4.78, 5) is 24.4. The van der Waals surface area contributed by atoms with Crippen LogP contribution in [-0.4, -0.2) is 67.9 Å². The standard InChI is InChI=1S/C18H18Cl2N10O2/c1-28(5-6-32-2)15-13(9-24-29-10-14(20)27-17(15)29)26-18(31)25-11-7-12(19)16(21-8-11)30-22-3-4-23-30/h3-4,7-10H,5-6H2,1-2H3,(H2,25,26,31). The number of urea groups is 1. The summed E-state index contributed by atoms with van der Waals surface area (Å²) in [6.45, 7) is 1.03. The van der Waals surface area contributed by atoms with Crippen LogP contribution in [0.3, 0.4) is 0 Å². The number of fused-ring (bicyclic) bond motifs is 1. The fourth-order valence-electron chi connectivity index (χ4n) is 2.96. The SMILES string of the molecule is COCCN(C)c1c(NC(=O)Nc2cnc(-n3nccn3)c(Cl)c2)cnn2cc(Cl)nc12. The molecule has 2 amide bonds. The van der Waals surface area contributed by atoms with Crippen LogP contribution in [0.2, 0.25) is 10.2 Å². The molecule has 0 fully saturated rings. The molecule has 0 spiro atoms. The Kier molecular flexibility index (Phi) is 6.35. The van der Waals surface area contributed by atoms with Crippen molar-refractivity contribution in [1.82, 2.24) is 34.6 Å². The van der Waals surface area contributed by atoms with Crippen molar-refractivity contribution in [3.05, 3.63) is 47.2 Å². The molecular formula is C18H18Cl2N10O2. The Bertz CT molecular complexity index is 1240. The first-order valence-corrected chi connectivity index (χ1v) is 10.1. The molecule has 0 aromatic carbocycles. The number of nitrogens with zero attached hydrogens (tertiary/aromatic N) is 8. The van der Waals surface area contributed by atoms with Crippen LogP contribution in [0.4, 0.5) is 21.9 Å². The smallest absolute Gasteiger partial charge is 0.323 e. The molecule has 14 heteroatoms. The molecule has 0 atom stereocenters. The van der Waals surface area contributed by atoms with E-state index in [4.69, 9.17) is 27.9 Å². The van der Waals surface area contributed by atoms with Crippen LogP contribution >= 0.6 is 23.2 Å². The van der Waals surface area contributed by atoms with Gasteiger partial charge in [0.25, 0.3) is 0 Å². The molecule has 0 radical (unpaired) electrons. The molecule has 0 saturated heterocycles. The molecule has 0 saturated carbocycles. The van der Waals surface area contributed by atoms with Crippen molar-refractivity contribution < 1.29 is 9.53 Å². The number of aromatic nitrogens is 7. The molecule has 12 nitrogen and oxygen atoms in total. The lowest BCUT2D eigenvalue weighted by atomic mass is 10.3. The van der Waals surface area contributed by atoms with E-state index in [1.54, 1.807) is 19.4 Å². The first kappa shape index (κ1) is 21.7. The van der Waals surface area contributed by atoms with E-state index in [-0.39, 0.29) is 10.2 Å². The van der Waals surface area contributed by atoms with Crippen molar-refractivity contribution in [3.63, 3.8) is 0 Å². The lowest BCUT2D eigenvalue weighted by molar-refractivity contribution is 0.206. The van der Waals surface area contributed by atoms with Crippen LogP contribution < -0.4 is 15.5 Å². The summed E-state index contributed by atoms with van der Waals surface area (Å²) < 4.78 is 6.70. The summed E-state index contributed by atoms with van der Waals surface area (Å²) in [5.41, 5.74) is 1.95. The van der Waals surface area contributed by atoms with Crippen molar-refractivity contribution in [1.29, 1.82) is 0 Å². The third-order valence-corrected chi connectivity index (χ3v) is 4.85. The number of anilines is 3. The Morgan fingerprint density at radius 3 is 2.69 bits per heavy atom. The zero-order valence-electron chi connectivity index (χ0n) is 17.0. The number of rotatable bonds is 7. The molecule has 2 N–H and O–H groups in total. The number of carbonyl (C=O) groups is 1. The molecule has 166 valence electrons. The summed E-state index contributed by atoms with van der Waals surface area (Å²) in [7, 11) is 3.47. The number of carbonyl (C=O) groups excluding carboxylic acids is 1. The van der Waals surface area contributed by atoms with Gasteiger partial charge in [0.05, 0.1) is 54.0 Å². The number of imidazole rings is 1. The molecule has 0 bridgehead atoms. The first-order valence-electron chi connectivity index (χ1n) is 9.30. The molecule has 0 aliphatic rings. The van der Waals surface area contributed by atoms with E-state index < -0.39 is 6.03 Å².